The third kappa shape index (κ3) is 3.25. The van der Waals surface area contributed by atoms with Crippen molar-refractivity contribution < 1.29 is 9.53 Å². The molecule has 7 nitrogen and oxygen atoms in total. The monoisotopic (exact) mass is 288 g/mol. The summed E-state index contributed by atoms with van der Waals surface area (Å²) in [7, 11) is 0. The van der Waals surface area contributed by atoms with Gasteiger partial charge in [0.2, 0.25) is 0 Å². The Bertz CT molecular complexity index is 724. The van der Waals surface area contributed by atoms with Crippen molar-refractivity contribution in [1.82, 2.24) is 15.0 Å². The van der Waals surface area contributed by atoms with E-state index in [1.807, 2.05) is 6.92 Å². The molecule has 0 atom stereocenters. The summed E-state index contributed by atoms with van der Waals surface area (Å²) in [4.78, 5) is 34.3. The van der Waals surface area contributed by atoms with Crippen molar-refractivity contribution in [3.63, 3.8) is 0 Å². The van der Waals surface area contributed by atoms with Crippen molar-refractivity contribution in [2.75, 3.05) is 12.3 Å². The third-order valence-electron chi connectivity index (χ3n) is 2.97. The minimum absolute atomic E-state index is 0.0186. The van der Waals surface area contributed by atoms with E-state index in [9.17, 15) is 9.59 Å². The number of nitrogen functional groups attached to an aromatic ring is 1. The number of nitrogens with two attached hydrogens (primary N) is 1. The number of aryl methyl sites for hydroxylation is 1. The minimum atomic E-state index is -0.512. The molecule has 7 heteroatoms. The Hall–Kier alpha value is -2.70. The average molecular weight is 288 g/mol. The number of carbonyl (C=O) groups excluding carboxylic acids is 1. The zero-order chi connectivity index (χ0) is 15.4. The van der Waals surface area contributed by atoms with E-state index in [0.29, 0.717) is 11.4 Å². The molecule has 0 saturated heterocycles. The molecule has 0 spiro atoms. The lowest BCUT2D eigenvalue weighted by Gasteiger charge is -2.08. The molecule has 21 heavy (non-hydrogen) atoms. The number of rotatable bonds is 4. The predicted molar refractivity (Wildman–Crippen MR) is 77.6 cm³/mol. The fraction of sp³-hybridized carbons (Fsp3) is 0.286. The van der Waals surface area contributed by atoms with E-state index in [1.165, 1.54) is 0 Å². The van der Waals surface area contributed by atoms with E-state index in [1.54, 1.807) is 25.4 Å². The van der Waals surface area contributed by atoms with Gasteiger partial charge in [0.05, 0.1) is 18.6 Å². The summed E-state index contributed by atoms with van der Waals surface area (Å²) in [6, 6.07) is 1.80. The van der Waals surface area contributed by atoms with Crippen LogP contribution in [0.1, 0.15) is 18.1 Å². The molecule has 0 fully saturated rings. The number of H-pyrrole nitrogens is 1. The van der Waals surface area contributed by atoms with Crippen LogP contribution >= 0.6 is 0 Å². The average Bonchev–Trinajstić information content (AvgIpc) is 2.43. The Morgan fingerprint density at radius 2 is 2.24 bits per heavy atom. The number of hydrogen-bond acceptors (Lipinski definition) is 6. The number of anilines is 1. The number of aromatic nitrogens is 3. The second kappa shape index (κ2) is 6.17. The Balaban J connectivity index is 2.40. The number of esters is 1. The summed E-state index contributed by atoms with van der Waals surface area (Å²) in [5.41, 5.74) is 7.05. The SMILES string of the molecule is CCOC(=O)Cc1c(N)nc(-c2cnccc2C)[nH]c1=O. The van der Waals surface area contributed by atoms with Crippen LogP contribution in [-0.2, 0) is 16.0 Å². The summed E-state index contributed by atoms with van der Waals surface area (Å²) < 4.78 is 4.80. The van der Waals surface area contributed by atoms with E-state index < -0.39 is 11.5 Å². The summed E-state index contributed by atoms with van der Waals surface area (Å²) >= 11 is 0. The highest BCUT2D eigenvalue weighted by Crippen LogP contribution is 2.18. The van der Waals surface area contributed by atoms with E-state index in [-0.39, 0.29) is 24.4 Å². The lowest BCUT2D eigenvalue weighted by Crippen LogP contribution is -2.22. The Labute approximate surface area is 121 Å². The molecule has 0 amide bonds. The second-order valence-corrected chi connectivity index (χ2v) is 4.45. The van der Waals surface area contributed by atoms with Gasteiger partial charge < -0.3 is 15.5 Å². The molecule has 2 aromatic rings. The molecule has 0 aliphatic carbocycles. The van der Waals surface area contributed by atoms with Gasteiger partial charge in [0.1, 0.15) is 11.6 Å². The van der Waals surface area contributed by atoms with Crippen molar-refractivity contribution in [3.8, 4) is 11.4 Å². The maximum Gasteiger partial charge on any atom is 0.310 e. The lowest BCUT2D eigenvalue weighted by molar-refractivity contribution is -0.142. The van der Waals surface area contributed by atoms with Gasteiger partial charge in [-0.05, 0) is 25.5 Å². The number of pyridine rings is 1. The fourth-order valence-corrected chi connectivity index (χ4v) is 1.88. The topological polar surface area (TPSA) is 111 Å². The molecular weight excluding hydrogens is 272 g/mol. The molecule has 2 heterocycles. The first-order valence-electron chi connectivity index (χ1n) is 6.48. The highest BCUT2D eigenvalue weighted by molar-refractivity contribution is 5.74. The summed E-state index contributed by atoms with van der Waals surface area (Å²) in [5, 5.41) is 0. The largest absolute Gasteiger partial charge is 0.466 e. The Kier molecular flexibility index (Phi) is 4.32. The van der Waals surface area contributed by atoms with Gasteiger partial charge in [0.25, 0.3) is 5.56 Å². The first kappa shape index (κ1) is 14.7. The van der Waals surface area contributed by atoms with E-state index >= 15 is 0 Å². The number of aromatic amines is 1. The minimum Gasteiger partial charge on any atom is -0.466 e. The van der Waals surface area contributed by atoms with Crippen LogP contribution in [0, 0.1) is 6.92 Å². The van der Waals surface area contributed by atoms with Gasteiger partial charge in [-0.25, -0.2) is 4.98 Å². The van der Waals surface area contributed by atoms with Crippen molar-refractivity contribution in [1.29, 1.82) is 0 Å². The number of nitrogens with zero attached hydrogens (tertiary/aromatic N) is 2. The first-order chi connectivity index (χ1) is 10.0. The maximum atomic E-state index is 12.1. The van der Waals surface area contributed by atoms with Crippen molar-refractivity contribution >= 4 is 11.8 Å². The highest BCUT2D eigenvalue weighted by atomic mass is 16.5. The molecule has 0 saturated carbocycles. The van der Waals surface area contributed by atoms with Gasteiger partial charge in [-0.2, -0.15) is 0 Å². The van der Waals surface area contributed by atoms with Crippen molar-refractivity contribution in [3.05, 3.63) is 39.9 Å². The summed E-state index contributed by atoms with van der Waals surface area (Å²) in [5.74, 6) is -0.164. The van der Waals surface area contributed by atoms with Crippen LogP contribution in [0.5, 0.6) is 0 Å². The predicted octanol–water partition coefficient (Wildman–Crippen LogP) is 0.828. The standard InChI is InChI=1S/C14H16N4O3/c1-3-21-11(19)6-9-12(15)17-13(18-14(9)20)10-7-16-5-4-8(10)2/h4-5,7H,3,6H2,1-2H3,(H3,15,17,18,20). The number of nitrogens with one attached hydrogen (secondary N) is 1. The quantitative estimate of drug-likeness (QED) is 0.806. The number of carbonyl (C=O) groups is 1. The normalized spacial score (nSPS) is 10.4. The van der Waals surface area contributed by atoms with Gasteiger partial charge in [0, 0.05) is 18.0 Å². The second-order valence-electron chi connectivity index (χ2n) is 4.45. The van der Waals surface area contributed by atoms with Crippen LogP contribution in [0.4, 0.5) is 5.82 Å². The van der Waals surface area contributed by atoms with Gasteiger partial charge in [-0.3, -0.25) is 14.6 Å². The molecule has 0 aliphatic heterocycles. The lowest BCUT2D eigenvalue weighted by atomic mass is 10.1. The third-order valence-corrected chi connectivity index (χ3v) is 2.97. The van der Waals surface area contributed by atoms with Crippen LogP contribution in [0.2, 0.25) is 0 Å². The van der Waals surface area contributed by atoms with Crippen LogP contribution in [-0.4, -0.2) is 27.5 Å². The molecule has 3 N–H and O–H groups in total. The van der Waals surface area contributed by atoms with E-state index in [4.69, 9.17) is 10.5 Å². The molecule has 0 unspecified atom stereocenters. The fourth-order valence-electron chi connectivity index (χ4n) is 1.88. The molecule has 2 aromatic heterocycles. The molecule has 0 aromatic carbocycles. The molecule has 0 radical (unpaired) electrons. The summed E-state index contributed by atoms with van der Waals surface area (Å²) in [6.45, 7) is 3.81. The van der Waals surface area contributed by atoms with Crippen LogP contribution < -0.4 is 11.3 Å². The smallest absolute Gasteiger partial charge is 0.310 e. The zero-order valence-corrected chi connectivity index (χ0v) is 11.8. The molecule has 2 rings (SSSR count). The molecular formula is C14H16N4O3. The molecule has 0 bridgehead atoms. The van der Waals surface area contributed by atoms with Gasteiger partial charge in [-0.1, -0.05) is 0 Å². The zero-order valence-electron chi connectivity index (χ0n) is 11.8. The van der Waals surface area contributed by atoms with E-state index in [2.05, 4.69) is 15.0 Å². The maximum absolute atomic E-state index is 12.1. The van der Waals surface area contributed by atoms with Gasteiger partial charge in [-0.15, -0.1) is 0 Å². The van der Waals surface area contributed by atoms with E-state index in [0.717, 1.165) is 5.56 Å². The van der Waals surface area contributed by atoms with Crippen molar-refractivity contribution in [2.45, 2.75) is 20.3 Å². The van der Waals surface area contributed by atoms with Crippen LogP contribution in [0.15, 0.2) is 23.3 Å². The number of hydrogen-bond donors (Lipinski definition) is 2. The van der Waals surface area contributed by atoms with Gasteiger partial charge >= 0.3 is 5.97 Å². The number of ether oxygens (including phenoxy) is 1. The summed E-state index contributed by atoms with van der Waals surface area (Å²) in [6.07, 6.45) is 3.04. The first-order valence-corrected chi connectivity index (χ1v) is 6.48. The van der Waals surface area contributed by atoms with Crippen LogP contribution in [0.25, 0.3) is 11.4 Å². The van der Waals surface area contributed by atoms with Crippen molar-refractivity contribution in [2.24, 2.45) is 0 Å². The van der Waals surface area contributed by atoms with Gasteiger partial charge in [0.15, 0.2) is 0 Å². The van der Waals surface area contributed by atoms with Crippen LogP contribution in [0.3, 0.4) is 0 Å². The Morgan fingerprint density at radius 3 is 2.86 bits per heavy atom. The Morgan fingerprint density at radius 1 is 1.48 bits per heavy atom. The molecule has 0 aliphatic rings. The molecule has 110 valence electrons. The highest BCUT2D eigenvalue weighted by Gasteiger charge is 2.15.